The topological polar surface area (TPSA) is 86.8 Å². The first kappa shape index (κ1) is 37.9. The molecule has 0 aliphatic heterocycles. The van der Waals surface area contributed by atoms with Crippen LogP contribution >= 0.6 is 11.6 Å². The molecule has 0 aromatic heterocycles. The van der Waals surface area contributed by atoms with E-state index in [1.165, 1.54) is 17.0 Å². The lowest BCUT2D eigenvalue weighted by molar-refractivity contribution is -0.140. The van der Waals surface area contributed by atoms with Gasteiger partial charge in [0.1, 0.15) is 12.6 Å². The zero-order chi connectivity index (χ0) is 36.8. The second-order valence-electron chi connectivity index (χ2n) is 13.0. The summed E-state index contributed by atoms with van der Waals surface area (Å²) in [7, 11) is -4.61. The molecule has 1 fully saturated rings. The summed E-state index contributed by atoms with van der Waals surface area (Å²) in [5.41, 5.74) is 1.51. The molecule has 1 aliphatic carbocycles. The molecule has 0 bridgehead atoms. The number of amides is 2. The summed E-state index contributed by atoms with van der Waals surface area (Å²) in [5, 5.41) is 2.53. The number of aryl methyl sites for hydroxylation is 2. The Morgan fingerprint density at radius 1 is 0.843 bits per heavy atom. The molecule has 2 amide bonds. The van der Waals surface area contributed by atoms with Gasteiger partial charge >= 0.3 is 6.18 Å². The molecule has 7 nitrogen and oxygen atoms in total. The van der Waals surface area contributed by atoms with Gasteiger partial charge in [-0.15, -0.1) is 0 Å². The molecule has 0 radical (unpaired) electrons. The third-order valence-electron chi connectivity index (χ3n) is 9.09. The summed E-state index contributed by atoms with van der Waals surface area (Å²) < 4.78 is 71.3. The van der Waals surface area contributed by atoms with E-state index in [4.69, 9.17) is 11.6 Å². The Labute approximate surface area is 302 Å². The number of hydrogen-bond acceptors (Lipinski definition) is 4. The Kier molecular flexibility index (Phi) is 12.1. The highest BCUT2D eigenvalue weighted by Gasteiger charge is 2.38. The first-order valence-corrected chi connectivity index (χ1v) is 18.7. The average Bonchev–Trinajstić information content (AvgIpc) is 3.09. The highest BCUT2D eigenvalue weighted by molar-refractivity contribution is 7.92. The van der Waals surface area contributed by atoms with Gasteiger partial charge in [-0.2, -0.15) is 13.2 Å². The number of nitrogens with zero attached hydrogens (tertiary/aromatic N) is 2. The van der Waals surface area contributed by atoms with Crippen molar-refractivity contribution in [3.05, 3.63) is 130 Å². The Balaban J connectivity index is 1.61. The third kappa shape index (κ3) is 9.71. The van der Waals surface area contributed by atoms with Crippen molar-refractivity contribution in [1.82, 2.24) is 10.2 Å². The lowest BCUT2D eigenvalue weighted by atomic mass is 9.94. The Morgan fingerprint density at radius 3 is 2.16 bits per heavy atom. The fourth-order valence-electron chi connectivity index (χ4n) is 6.36. The van der Waals surface area contributed by atoms with E-state index in [1.54, 1.807) is 19.1 Å². The van der Waals surface area contributed by atoms with Crippen LogP contribution in [0.15, 0.2) is 102 Å². The molecule has 1 aliphatic rings. The van der Waals surface area contributed by atoms with Crippen LogP contribution in [0.1, 0.15) is 59.9 Å². The molecule has 4 aromatic rings. The maximum Gasteiger partial charge on any atom is 0.417 e. The van der Waals surface area contributed by atoms with Crippen LogP contribution in [-0.2, 0) is 38.8 Å². The van der Waals surface area contributed by atoms with E-state index in [-0.39, 0.29) is 29.8 Å². The molecule has 12 heteroatoms. The zero-order valence-electron chi connectivity index (χ0n) is 28.5. The number of halogens is 4. The van der Waals surface area contributed by atoms with Gasteiger partial charge in [-0.25, -0.2) is 8.42 Å². The number of alkyl halides is 3. The Bertz CT molecular complexity index is 1930. The third-order valence-corrected chi connectivity index (χ3v) is 11.2. The lowest BCUT2D eigenvalue weighted by Gasteiger charge is -2.35. The molecule has 1 N–H and O–H groups in total. The van der Waals surface area contributed by atoms with Crippen LogP contribution in [-0.4, -0.2) is 43.8 Å². The van der Waals surface area contributed by atoms with Gasteiger partial charge in [-0.1, -0.05) is 109 Å². The molecular formula is C39H41ClF3N3O4S. The average molecular weight is 740 g/mol. The fourth-order valence-corrected chi connectivity index (χ4v) is 7.99. The van der Waals surface area contributed by atoms with Crippen molar-refractivity contribution in [1.29, 1.82) is 0 Å². The SMILES string of the molecule is Cc1ccc(S(=O)(=O)N(CC(=O)N(Cc2cccc(C)c2)[C@H](Cc2ccccc2)C(=O)NC2CCCCC2)c2ccc(Cl)c(C(F)(F)F)c2)cc1. The van der Waals surface area contributed by atoms with E-state index in [2.05, 4.69) is 5.32 Å². The normalized spacial score (nSPS) is 14.5. The Morgan fingerprint density at radius 2 is 1.51 bits per heavy atom. The van der Waals surface area contributed by atoms with Gasteiger partial charge in [0.05, 0.1) is 21.2 Å². The quantitative estimate of drug-likeness (QED) is 0.159. The summed E-state index contributed by atoms with van der Waals surface area (Å²) in [4.78, 5) is 30.1. The monoisotopic (exact) mass is 739 g/mol. The number of rotatable bonds is 12. The molecule has 4 aromatic carbocycles. The number of carbonyl (C=O) groups excluding carboxylic acids is 2. The van der Waals surface area contributed by atoms with Gasteiger partial charge in [-0.3, -0.25) is 13.9 Å². The van der Waals surface area contributed by atoms with Crippen molar-refractivity contribution in [3.63, 3.8) is 0 Å². The van der Waals surface area contributed by atoms with Crippen LogP contribution in [0.5, 0.6) is 0 Å². The molecule has 1 atom stereocenters. The molecule has 51 heavy (non-hydrogen) atoms. The largest absolute Gasteiger partial charge is 0.417 e. The van der Waals surface area contributed by atoms with Crippen LogP contribution in [0, 0.1) is 13.8 Å². The number of nitrogens with one attached hydrogen (secondary N) is 1. The number of hydrogen-bond donors (Lipinski definition) is 1. The minimum absolute atomic E-state index is 0.0526. The van der Waals surface area contributed by atoms with Crippen molar-refractivity contribution in [2.75, 3.05) is 10.8 Å². The predicted molar refractivity (Wildman–Crippen MR) is 193 cm³/mol. The van der Waals surface area contributed by atoms with Gasteiger partial charge in [0, 0.05) is 19.0 Å². The first-order valence-electron chi connectivity index (χ1n) is 16.9. The highest BCUT2D eigenvalue weighted by Crippen LogP contribution is 2.38. The molecular weight excluding hydrogens is 699 g/mol. The van der Waals surface area contributed by atoms with E-state index in [0.717, 1.165) is 60.9 Å². The molecule has 1 saturated carbocycles. The van der Waals surface area contributed by atoms with Gasteiger partial charge in [0.2, 0.25) is 11.8 Å². The Hall–Kier alpha value is -4.35. The van der Waals surface area contributed by atoms with Gasteiger partial charge in [0.15, 0.2) is 0 Å². The number of carbonyl (C=O) groups is 2. The smallest absolute Gasteiger partial charge is 0.352 e. The highest BCUT2D eigenvalue weighted by atomic mass is 35.5. The maximum atomic E-state index is 14.7. The van der Waals surface area contributed by atoms with Crippen LogP contribution < -0.4 is 9.62 Å². The second kappa shape index (κ2) is 16.3. The van der Waals surface area contributed by atoms with Gasteiger partial charge in [0.25, 0.3) is 10.0 Å². The standard InChI is InChI=1S/C39H41ClF3N3O4S/c1-27-16-19-33(20-17-27)51(49,50)46(32-18-21-35(40)34(24-32)39(41,42)43)26-37(47)45(25-30-13-9-10-28(2)22-30)36(23-29-11-5-3-6-12-29)38(48)44-31-14-7-4-8-15-31/h3,5-6,9-13,16-22,24,31,36H,4,7-8,14-15,23,25-26H2,1-2H3,(H,44,48)/t36-/m1/s1. The van der Waals surface area contributed by atoms with Gasteiger partial charge < -0.3 is 10.2 Å². The summed E-state index contributed by atoms with van der Waals surface area (Å²) >= 11 is 5.92. The summed E-state index contributed by atoms with van der Waals surface area (Å²) in [6.07, 6.45) is -0.164. The number of sulfonamides is 1. The molecule has 0 saturated heterocycles. The predicted octanol–water partition coefficient (Wildman–Crippen LogP) is 8.26. The minimum Gasteiger partial charge on any atom is -0.352 e. The van der Waals surface area contributed by atoms with Crippen LogP contribution in [0.25, 0.3) is 0 Å². The van der Waals surface area contributed by atoms with Crippen LogP contribution in [0.2, 0.25) is 5.02 Å². The lowest BCUT2D eigenvalue weighted by Crippen LogP contribution is -2.55. The van der Waals surface area contributed by atoms with E-state index in [0.29, 0.717) is 15.9 Å². The van der Waals surface area contributed by atoms with Crippen molar-refractivity contribution in [2.45, 2.75) is 82.1 Å². The van der Waals surface area contributed by atoms with E-state index < -0.39 is 51.0 Å². The van der Waals surface area contributed by atoms with Crippen molar-refractivity contribution in [2.24, 2.45) is 0 Å². The molecule has 0 unspecified atom stereocenters. The van der Waals surface area contributed by atoms with E-state index in [9.17, 15) is 31.2 Å². The summed E-state index contributed by atoms with van der Waals surface area (Å²) in [6, 6.07) is 23.9. The van der Waals surface area contributed by atoms with E-state index >= 15 is 0 Å². The second-order valence-corrected chi connectivity index (χ2v) is 15.3. The molecule has 0 heterocycles. The maximum absolute atomic E-state index is 14.7. The van der Waals surface area contributed by atoms with Crippen molar-refractivity contribution in [3.8, 4) is 0 Å². The van der Waals surface area contributed by atoms with E-state index in [1.807, 2.05) is 61.5 Å². The minimum atomic E-state index is -4.90. The van der Waals surface area contributed by atoms with Crippen LogP contribution in [0.3, 0.4) is 0 Å². The molecule has 5 rings (SSSR count). The molecule has 270 valence electrons. The van der Waals surface area contributed by atoms with Crippen molar-refractivity contribution < 1.29 is 31.2 Å². The summed E-state index contributed by atoms with van der Waals surface area (Å²) in [6.45, 7) is 2.72. The van der Waals surface area contributed by atoms with Gasteiger partial charge in [-0.05, 0) is 68.1 Å². The zero-order valence-corrected chi connectivity index (χ0v) is 30.1. The fraction of sp³-hybridized carbons (Fsp3) is 0.333. The number of benzene rings is 4. The first-order chi connectivity index (χ1) is 24.2. The molecule has 0 spiro atoms. The van der Waals surface area contributed by atoms with Crippen molar-refractivity contribution >= 4 is 39.1 Å². The number of anilines is 1. The van der Waals surface area contributed by atoms with Crippen LogP contribution in [0.4, 0.5) is 18.9 Å². The summed E-state index contributed by atoms with van der Waals surface area (Å²) in [5.74, 6) is -1.15.